The smallest absolute Gasteiger partial charge is 0.243 e. The highest BCUT2D eigenvalue weighted by Crippen LogP contribution is 2.27. The summed E-state index contributed by atoms with van der Waals surface area (Å²) >= 11 is 5.83. The fourth-order valence-corrected chi connectivity index (χ4v) is 2.99. The van der Waals surface area contributed by atoms with Crippen LogP contribution >= 0.6 is 24.0 Å². The van der Waals surface area contributed by atoms with E-state index in [1.807, 2.05) is 54.6 Å². The van der Waals surface area contributed by atoms with E-state index in [9.17, 15) is 4.79 Å². The number of benzene rings is 2. The summed E-state index contributed by atoms with van der Waals surface area (Å²) in [6.07, 6.45) is 0. The van der Waals surface area contributed by atoms with Crippen molar-refractivity contribution >= 4 is 45.2 Å². The molecule has 0 saturated carbocycles. The molecule has 0 bridgehead atoms. The van der Waals surface area contributed by atoms with Gasteiger partial charge in [-0.15, -0.1) is 0 Å². The van der Waals surface area contributed by atoms with E-state index in [1.54, 1.807) is 0 Å². The Morgan fingerprint density at radius 1 is 1.10 bits per heavy atom. The lowest BCUT2D eigenvalue weighted by Gasteiger charge is -2.09. The van der Waals surface area contributed by atoms with Crippen molar-refractivity contribution in [3.8, 4) is 0 Å². The summed E-state index contributed by atoms with van der Waals surface area (Å²) in [5, 5.41) is 2.93. The summed E-state index contributed by atoms with van der Waals surface area (Å²) < 4.78 is 1.05. The van der Waals surface area contributed by atoms with E-state index in [-0.39, 0.29) is 5.91 Å². The zero-order chi connectivity index (χ0) is 13.9. The molecule has 1 atom stereocenters. The van der Waals surface area contributed by atoms with Crippen LogP contribution in [0.5, 0.6) is 0 Å². The molecule has 1 N–H and O–H groups in total. The molecule has 3 aromatic rings. The normalized spacial score (nSPS) is 12.2. The average Bonchev–Trinajstić information content (AvgIpc) is 2.89. The second-order valence-electron chi connectivity index (χ2n) is 4.29. The highest BCUT2D eigenvalue weighted by molar-refractivity contribution is 7.81. The molecule has 1 amide bonds. The molecular weight excluding hydrogens is 288 g/mol. The van der Waals surface area contributed by atoms with Gasteiger partial charge in [0.1, 0.15) is 5.25 Å². The molecule has 5 heteroatoms. The predicted molar refractivity (Wildman–Crippen MR) is 86.4 cm³/mol. The summed E-state index contributed by atoms with van der Waals surface area (Å²) in [6, 6.07) is 17.3. The Morgan fingerprint density at radius 3 is 2.55 bits per heavy atom. The van der Waals surface area contributed by atoms with Crippen LogP contribution in [0, 0.1) is 0 Å². The van der Waals surface area contributed by atoms with E-state index in [4.69, 9.17) is 0 Å². The molecule has 0 fully saturated rings. The molecule has 0 spiro atoms. The van der Waals surface area contributed by atoms with Gasteiger partial charge in [-0.3, -0.25) is 4.79 Å². The molecule has 1 aromatic heterocycles. The highest BCUT2D eigenvalue weighted by atomic mass is 32.1. The molecule has 1 heterocycles. The van der Waals surface area contributed by atoms with Gasteiger partial charge in [0.25, 0.3) is 0 Å². The van der Waals surface area contributed by atoms with Gasteiger partial charge in [-0.25, -0.2) is 4.98 Å². The van der Waals surface area contributed by atoms with Crippen LogP contribution in [0.15, 0.2) is 54.6 Å². The first kappa shape index (κ1) is 13.1. The molecule has 0 aliphatic carbocycles. The van der Waals surface area contributed by atoms with Crippen molar-refractivity contribution in [1.82, 2.24) is 4.98 Å². The molecule has 3 rings (SSSR count). The van der Waals surface area contributed by atoms with Crippen LogP contribution in [0.1, 0.15) is 10.8 Å². The van der Waals surface area contributed by atoms with Crippen molar-refractivity contribution in [1.29, 1.82) is 0 Å². The lowest BCUT2D eigenvalue weighted by molar-refractivity contribution is -0.115. The number of amides is 1. The third-order valence-corrected chi connectivity index (χ3v) is 4.37. The highest BCUT2D eigenvalue weighted by Gasteiger charge is 2.17. The van der Waals surface area contributed by atoms with Crippen LogP contribution in [0.2, 0.25) is 0 Å². The largest absolute Gasteiger partial charge is 0.301 e. The van der Waals surface area contributed by atoms with E-state index in [2.05, 4.69) is 22.9 Å². The van der Waals surface area contributed by atoms with Gasteiger partial charge in [-0.1, -0.05) is 53.8 Å². The molecule has 2 aromatic carbocycles. The Morgan fingerprint density at radius 2 is 1.80 bits per heavy atom. The first-order chi connectivity index (χ1) is 9.74. The van der Waals surface area contributed by atoms with Crippen LogP contribution in [-0.4, -0.2) is 10.9 Å². The number of nitrogens with zero attached hydrogens (tertiary/aromatic N) is 1. The molecule has 0 radical (unpaired) electrons. The predicted octanol–water partition coefficient (Wildman–Crippen LogP) is 3.91. The van der Waals surface area contributed by atoms with Crippen molar-refractivity contribution in [3.63, 3.8) is 0 Å². The number of aromatic nitrogens is 1. The number of thiazole rings is 1. The van der Waals surface area contributed by atoms with E-state index >= 15 is 0 Å². The van der Waals surface area contributed by atoms with E-state index < -0.39 is 5.25 Å². The topological polar surface area (TPSA) is 42.0 Å². The van der Waals surface area contributed by atoms with Crippen LogP contribution in [-0.2, 0) is 4.79 Å². The molecular formula is C15H12N2OS2. The molecule has 3 nitrogen and oxygen atoms in total. The molecule has 100 valence electrons. The van der Waals surface area contributed by atoms with Gasteiger partial charge in [0.2, 0.25) is 5.91 Å². The second kappa shape index (κ2) is 5.64. The molecule has 0 saturated heterocycles. The van der Waals surface area contributed by atoms with Gasteiger partial charge in [0.05, 0.1) is 10.2 Å². The van der Waals surface area contributed by atoms with Gasteiger partial charge in [-0.05, 0) is 17.7 Å². The van der Waals surface area contributed by atoms with Gasteiger partial charge < -0.3 is 5.32 Å². The number of anilines is 1. The number of hydrogen-bond acceptors (Lipinski definition) is 4. The van der Waals surface area contributed by atoms with Crippen molar-refractivity contribution < 1.29 is 4.79 Å². The van der Waals surface area contributed by atoms with E-state index in [0.29, 0.717) is 5.13 Å². The Labute approximate surface area is 126 Å². The number of para-hydroxylation sites is 1. The fourth-order valence-electron chi connectivity index (χ4n) is 1.89. The molecule has 20 heavy (non-hydrogen) atoms. The Hall–Kier alpha value is -1.85. The summed E-state index contributed by atoms with van der Waals surface area (Å²) in [5.74, 6) is -0.168. The Kier molecular flexibility index (Phi) is 3.71. The minimum atomic E-state index is -0.497. The van der Waals surface area contributed by atoms with Gasteiger partial charge in [0, 0.05) is 0 Å². The van der Waals surface area contributed by atoms with Crippen molar-refractivity contribution in [3.05, 3.63) is 60.2 Å². The van der Waals surface area contributed by atoms with E-state index in [1.165, 1.54) is 11.3 Å². The van der Waals surface area contributed by atoms with Crippen molar-refractivity contribution in [2.45, 2.75) is 5.25 Å². The van der Waals surface area contributed by atoms with Gasteiger partial charge >= 0.3 is 0 Å². The van der Waals surface area contributed by atoms with E-state index in [0.717, 1.165) is 15.8 Å². The van der Waals surface area contributed by atoms with Crippen molar-refractivity contribution in [2.24, 2.45) is 0 Å². The number of carbonyl (C=O) groups is 1. The standard InChI is InChI=1S/C15H12N2OS2/c18-14(13(19)10-6-2-1-3-7-10)17-15-16-11-8-4-5-9-12(11)20-15/h1-9,13,19H,(H,16,17,18). The van der Waals surface area contributed by atoms with Gasteiger partial charge in [-0.2, -0.15) is 12.6 Å². The maximum atomic E-state index is 12.2. The molecule has 1 unspecified atom stereocenters. The summed E-state index contributed by atoms with van der Waals surface area (Å²) in [5.41, 5.74) is 1.76. The quantitative estimate of drug-likeness (QED) is 0.720. The summed E-state index contributed by atoms with van der Waals surface area (Å²) in [4.78, 5) is 16.6. The second-order valence-corrected chi connectivity index (χ2v) is 5.84. The maximum Gasteiger partial charge on any atom is 0.243 e. The minimum Gasteiger partial charge on any atom is -0.301 e. The number of fused-ring (bicyclic) bond motifs is 1. The maximum absolute atomic E-state index is 12.2. The lowest BCUT2D eigenvalue weighted by atomic mass is 10.1. The Bertz CT molecular complexity index is 707. The van der Waals surface area contributed by atoms with Crippen LogP contribution < -0.4 is 5.32 Å². The lowest BCUT2D eigenvalue weighted by Crippen LogP contribution is -2.17. The number of nitrogens with one attached hydrogen (secondary N) is 1. The SMILES string of the molecule is O=C(Nc1nc2ccccc2s1)C(S)c1ccccc1. The summed E-state index contributed by atoms with van der Waals surface area (Å²) in [6.45, 7) is 0. The van der Waals surface area contributed by atoms with Gasteiger partial charge in [0.15, 0.2) is 5.13 Å². The third kappa shape index (κ3) is 2.69. The number of rotatable bonds is 3. The zero-order valence-corrected chi connectivity index (χ0v) is 12.2. The monoisotopic (exact) mass is 300 g/mol. The fraction of sp³-hybridized carbons (Fsp3) is 0.0667. The minimum absolute atomic E-state index is 0.168. The average molecular weight is 300 g/mol. The first-order valence-corrected chi connectivity index (χ1v) is 7.47. The first-order valence-electron chi connectivity index (χ1n) is 6.13. The van der Waals surface area contributed by atoms with Crippen LogP contribution in [0.3, 0.4) is 0 Å². The number of carbonyl (C=O) groups excluding carboxylic acids is 1. The Balaban J connectivity index is 1.78. The van der Waals surface area contributed by atoms with Crippen LogP contribution in [0.25, 0.3) is 10.2 Å². The van der Waals surface area contributed by atoms with Crippen molar-refractivity contribution in [2.75, 3.05) is 5.32 Å². The third-order valence-electron chi connectivity index (χ3n) is 2.89. The summed E-state index contributed by atoms with van der Waals surface area (Å²) in [7, 11) is 0. The molecule has 0 aliphatic rings. The number of thiol groups is 1. The number of hydrogen-bond donors (Lipinski definition) is 2. The zero-order valence-electron chi connectivity index (χ0n) is 10.5. The van der Waals surface area contributed by atoms with Crippen LogP contribution in [0.4, 0.5) is 5.13 Å². The molecule has 0 aliphatic heterocycles.